The monoisotopic (exact) mass is 317 g/mol. The van der Waals surface area contributed by atoms with Crippen LogP contribution in [0.3, 0.4) is 0 Å². The highest BCUT2D eigenvalue weighted by Gasteiger charge is 2.16. The van der Waals surface area contributed by atoms with Gasteiger partial charge in [0.05, 0.1) is 6.54 Å². The van der Waals surface area contributed by atoms with E-state index in [0.717, 1.165) is 30.2 Å². The third-order valence-corrected chi connectivity index (χ3v) is 4.40. The molecule has 0 saturated heterocycles. The minimum absolute atomic E-state index is 0.188. The molecule has 0 spiro atoms. The predicted octanol–water partition coefficient (Wildman–Crippen LogP) is 4.34. The zero-order valence-electron chi connectivity index (χ0n) is 10.5. The molecule has 0 unspecified atom stereocenters. The van der Waals surface area contributed by atoms with Gasteiger partial charge in [-0.15, -0.1) is 11.3 Å². The second-order valence-electron chi connectivity index (χ2n) is 4.22. The van der Waals surface area contributed by atoms with E-state index in [-0.39, 0.29) is 11.8 Å². The molecule has 17 heavy (non-hydrogen) atoms. The minimum atomic E-state index is 0.188. The molecule has 4 heteroatoms. The van der Waals surface area contributed by atoms with Crippen LogP contribution in [0.5, 0.6) is 0 Å². The molecule has 0 fully saturated rings. The molecule has 0 aromatic carbocycles. The molecule has 0 aliphatic rings. The van der Waals surface area contributed by atoms with Crippen molar-refractivity contribution in [3.8, 4) is 0 Å². The molecular weight excluding hydrogens is 298 g/mol. The van der Waals surface area contributed by atoms with E-state index < -0.39 is 0 Å². The van der Waals surface area contributed by atoms with Gasteiger partial charge in [0.1, 0.15) is 0 Å². The summed E-state index contributed by atoms with van der Waals surface area (Å²) in [5.41, 5.74) is 0. The number of rotatable bonds is 7. The van der Waals surface area contributed by atoms with Crippen LogP contribution >= 0.6 is 27.3 Å². The van der Waals surface area contributed by atoms with Crippen LogP contribution in [0.15, 0.2) is 15.9 Å². The summed E-state index contributed by atoms with van der Waals surface area (Å²) in [6, 6.07) is 2.06. The summed E-state index contributed by atoms with van der Waals surface area (Å²) >= 11 is 5.08. The summed E-state index contributed by atoms with van der Waals surface area (Å²) in [6.07, 6.45) is 4.13. The summed E-state index contributed by atoms with van der Waals surface area (Å²) in [4.78, 5) is 13.2. The number of carbonyl (C=O) groups is 1. The fourth-order valence-corrected chi connectivity index (χ4v) is 3.26. The maximum Gasteiger partial charge on any atom is 0.223 e. The molecule has 1 heterocycles. The predicted molar refractivity (Wildman–Crippen MR) is 77.2 cm³/mol. The van der Waals surface area contributed by atoms with Gasteiger partial charge in [0.15, 0.2) is 0 Å². The van der Waals surface area contributed by atoms with Crippen LogP contribution < -0.4 is 5.32 Å². The summed E-state index contributed by atoms with van der Waals surface area (Å²) in [5.74, 6) is 0.395. The molecule has 1 amide bonds. The van der Waals surface area contributed by atoms with E-state index in [0.29, 0.717) is 6.54 Å². The van der Waals surface area contributed by atoms with Crippen LogP contribution in [0.25, 0.3) is 0 Å². The molecule has 0 aliphatic carbocycles. The Kier molecular flexibility index (Phi) is 6.82. The van der Waals surface area contributed by atoms with Crippen molar-refractivity contribution < 1.29 is 4.79 Å². The van der Waals surface area contributed by atoms with E-state index in [9.17, 15) is 4.79 Å². The van der Waals surface area contributed by atoms with Crippen LogP contribution in [0.2, 0.25) is 0 Å². The van der Waals surface area contributed by atoms with Gasteiger partial charge in [-0.3, -0.25) is 4.79 Å². The van der Waals surface area contributed by atoms with Gasteiger partial charge >= 0.3 is 0 Å². The number of carbonyl (C=O) groups excluding carboxylic acids is 1. The summed E-state index contributed by atoms with van der Waals surface area (Å²) in [6.45, 7) is 4.91. The largest absolute Gasteiger partial charge is 0.351 e. The van der Waals surface area contributed by atoms with Crippen molar-refractivity contribution in [3.63, 3.8) is 0 Å². The first-order chi connectivity index (χ1) is 8.17. The lowest BCUT2D eigenvalue weighted by molar-refractivity contribution is -0.125. The lowest BCUT2D eigenvalue weighted by atomic mass is 9.97. The normalized spacial score (nSPS) is 10.8. The van der Waals surface area contributed by atoms with Crippen molar-refractivity contribution in [2.75, 3.05) is 0 Å². The summed E-state index contributed by atoms with van der Waals surface area (Å²) in [7, 11) is 0. The highest BCUT2D eigenvalue weighted by Crippen LogP contribution is 2.20. The first-order valence-electron chi connectivity index (χ1n) is 6.18. The van der Waals surface area contributed by atoms with Gasteiger partial charge < -0.3 is 5.32 Å². The Balaban J connectivity index is 2.41. The lowest BCUT2D eigenvalue weighted by Gasteiger charge is -2.14. The highest BCUT2D eigenvalue weighted by molar-refractivity contribution is 9.10. The summed E-state index contributed by atoms with van der Waals surface area (Å²) < 4.78 is 1.09. The fourth-order valence-electron chi connectivity index (χ4n) is 1.87. The van der Waals surface area contributed by atoms with E-state index in [1.807, 2.05) is 5.38 Å². The van der Waals surface area contributed by atoms with E-state index in [1.54, 1.807) is 11.3 Å². The van der Waals surface area contributed by atoms with Crippen LogP contribution in [0.4, 0.5) is 0 Å². The second-order valence-corrected chi connectivity index (χ2v) is 6.13. The van der Waals surface area contributed by atoms with Crippen molar-refractivity contribution in [2.24, 2.45) is 5.92 Å². The van der Waals surface area contributed by atoms with Crippen molar-refractivity contribution in [1.29, 1.82) is 0 Å². The molecule has 1 rings (SSSR count). The van der Waals surface area contributed by atoms with Crippen LogP contribution in [-0.2, 0) is 11.3 Å². The second kappa shape index (κ2) is 7.88. The smallest absolute Gasteiger partial charge is 0.223 e. The Morgan fingerprint density at radius 2 is 2.06 bits per heavy atom. The van der Waals surface area contributed by atoms with Crippen molar-refractivity contribution in [2.45, 2.75) is 46.1 Å². The molecule has 2 nitrogen and oxygen atoms in total. The first kappa shape index (κ1) is 14.7. The Labute approximate surface area is 116 Å². The van der Waals surface area contributed by atoms with Crippen LogP contribution in [0, 0.1) is 5.92 Å². The zero-order valence-corrected chi connectivity index (χ0v) is 12.9. The average Bonchev–Trinajstić information content (AvgIpc) is 2.72. The molecule has 96 valence electrons. The van der Waals surface area contributed by atoms with Gasteiger partial charge in [0, 0.05) is 20.6 Å². The zero-order chi connectivity index (χ0) is 12.7. The minimum Gasteiger partial charge on any atom is -0.351 e. The van der Waals surface area contributed by atoms with Gasteiger partial charge in [0.2, 0.25) is 5.91 Å². The molecule has 0 radical (unpaired) electrons. The van der Waals surface area contributed by atoms with Crippen molar-refractivity contribution >= 4 is 33.2 Å². The van der Waals surface area contributed by atoms with Gasteiger partial charge in [0.25, 0.3) is 0 Å². The molecule has 0 saturated carbocycles. The number of thiophene rings is 1. The van der Waals surface area contributed by atoms with Crippen LogP contribution in [0.1, 0.15) is 44.4 Å². The standard InChI is InChI=1S/C13H20BrNOS/c1-3-5-10(6-4-2)13(16)15-8-12-7-11(14)9-17-12/h7,9-10H,3-6,8H2,1-2H3,(H,15,16). The third kappa shape index (κ3) is 5.21. The SMILES string of the molecule is CCCC(CCC)C(=O)NCc1cc(Br)cs1. The molecular formula is C13H20BrNOS. The Morgan fingerprint density at radius 3 is 2.53 bits per heavy atom. The molecule has 1 N–H and O–H groups in total. The maximum atomic E-state index is 12.0. The van der Waals surface area contributed by atoms with Gasteiger partial charge in [-0.1, -0.05) is 26.7 Å². The van der Waals surface area contributed by atoms with E-state index in [2.05, 4.69) is 41.2 Å². The number of amides is 1. The summed E-state index contributed by atoms with van der Waals surface area (Å²) in [5, 5.41) is 5.07. The van der Waals surface area contributed by atoms with E-state index in [4.69, 9.17) is 0 Å². The Bertz CT molecular complexity index is 345. The Morgan fingerprint density at radius 1 is 1.41 bits per heavy atom. The van der Waals surface area contributed by atoms with Gasteiger partial charge in [-0.05, 0) is 34.8 Å². The van der Waals surface area contributed by atoms with Crippen LogP contribution in [-0.4, -0.2) is 5.91 Å². The average molecular weight is 318 g/mol. The number of nitrogens with one attached hydrogen (secondary N) is 1. The topological polar surface area (TPSA) is 29.1 Å². The van der Waals surface area contributed by atoms with Gasteiger partial charge in [-0.2, -0.15) is 0 Å². The maximum absolute atomic E-state index is 12.0. The van der Waals surface area contributed by atoms with Gasteiger partial charge in [-0.25, -0.2) is 0 Å². The molecule has 1 aromatic rings. The number of halogens is 1. The third-order valence-electron chi connectivity index (χ3n) is 2.70. The fraction of sp³-hybridized carbons (Fsp3) is 0.615. The van der Waals surface area contributed by atoms with Crippen molar-refractivity contribution in [1.82, 2.24) is 5.32 Å². The quantitative estimate of drug-likeness (QED) is 0.796. The lowest BCUT2D eigenvalue weighted by Crippen LogP contribution is -2.30. The molecule has 0 bridgehead atoms. The van der Waals surface area contributed by atoms with Crippen molar-refractivity contribution in [3.05, 3.63) is 20.8 Å². The molecule has 0 aliphatic heterocycles. The highest BCUT2D eigenvalue weighted by atomic mass is 79.9. The molecule has 1 aromatic heterocycles. The van der Waals surface area contributed by atoms with E-state index >= 15 is 0 Å². The Hall–Kier alpha value is -0.350. The number of hydrogen-bond donors (Lipinski definition) is 1. The molecule has 0 atom stereocenters. The first-order valence-corrected chi connectivity index (χ1v) is 7.85. The number of hydrogen-bond acceptors (Lipinski definition) is 2. The van der Waals surface area contributed by atoms with E-state index in [1.165, 1.54) is 4.88 Å².